The minimum Gasteiger partial charge on any atom is -0.480 e. The monoisotopic (exact) mass is 363 g/mol. The Morgan fingerprint density at radius 3 is 2.80 bits per heavy atom. The van der Waals surface area contributed by atoms with Gasteiger partial charge in [0.15, 0.2) is 0 Å². The van der Waals surface area contributed by atoms with Crippen LogP contribution in [0.15, 0.2) is 36.4 Å². The summed E-state index contributed by atoms with van der Waals surface area (Å²) in [6, 6.07) is 10.4. The molecule has 1 heterocycles. The highest BCUT2D eigenvalue weighted by Gasteiger charge is 2.29. The number of carboxylic acids is 1. The maximum absolute atomic E-state index is 12.7. The number of carbonyl (C=O) groups is 2. The molecule has 1 fully saturated rings. The van der Waals surface area contributed by atoms with Gasteiger partial charge < -0.3 is 19.9 Å². The van der Waals surface area contributed by atoms with Crippen LogP contribution in [0.1, 0.15) is 16.8 Å². The highest BCUT2D eigenvalue weighted by atomic mass is 35.5. The van der Waals surface area contributed by atoms with Crippen LogP contribution in [0.5, 0.6) is 0 Å². The number of halogens is 1. The number of amides is 1. The third-order valence-electron chi connectivity index (χ3n) is 4.14. The predicted octanol–water partition coefficient (Wildman–Crippen LogP) is 2.48. The lowest BCUT2D eigenvalue weighted by Crippen LogP contribution is -2.51. The number of carboxylic acid groups (broad SMARTS) is 1. The molecule has 1 aliphatic rings. The van der Waals surface area contributed by atoms with Crippen molar-refractivity contribution in [2.75, 3.05) is 19.8 Å². The van der Waals surface area contributed by atoms with Crippen LogP contribution in [0.3, 0.4) is 0 Å². The van der Waals surface area contributed by atoms with Crippen LogP contribution in [-0.2, 0) is 14.3 Å². The molecule has 1 amide bonds. The normalized spacial score (nSPS) is 20.4. The van der Waals surface area contributed by atoms with Gasteiger partial charge in [-0.25, -0.2) is 4.79 Å². The summed E-state index contributed by atoms with van der Waals surface area (Å²) in [4.78, 5) is 23.5. The first-order chi connectivity index (χ1) is 12.1. The van der Waals surface area contributed by atoms with Crippen molar-refractivity contribution in [1.82, 2.24) is 5.32 Å². The number of hydrogen-bond acceptors (Lipinski definition) is 4. The highest BCUT2D eigenvalue weighted by Crippen LogP contribution is 2.26. The zero-order chi connectivity index (χ0) is 17.8. The summed E-state index contributed by atoms with van der Waals surface area (Å²) in [6.07, 6.45) is 0.131. The van der Waals surface area contributed by atoms with E-state index in [4.69, 9.17) is 26.2 Å². The molecular weight excluding hydrogens is 346 g/mol. The molecule has 0 spiro atoms. The van der Waals surface area contributed by atoms with Gasteiger partial charge >= 0.3 is 5.97 Å². The zero-order valence-electron chi connectivity index (χ0n) is 13.4. The molecular formula is C18H18ClNO5. The van der Waals surface area contributed by atoms with Crippen molar-refractivity contribution < 1.29 is 24.2 Å². The van der Waals surface area contributed by atoms with E-state index in [0.29, 0.717) is 23.6 Å². The summed E-state index contributed by atoms with van der Waals surface area (Å²) < 4.78 is 10.8. The van der Waals surface area contributed by atoms with Gasteiger partial charge in [-0.15, -0.1) is 0 Å². The molecule has 2 atom stereocenters. The molecule has 0 aromatic heterocycles. The van der Waals surface area contributed by atoms with Crippen molar-refractivity contribution in [2.24, 2.45) is 0 Å². The van der Waals surface area contributed by atoms with Crippen LogP contribution in [0.4, 0.5) is 0 Å². The first-order valence-corrected chi connectivity index (χ1v) is 8.33. The van der Waals surface area contributed by atoms with Crippen molar-refractivity contribution >= 4 is 34.2 Å². The number of carbonyl (C=O) groups excluding carboxylic acids is 1. The summed E-state index contributed by atoms with van der Waals surface area (Å²) >= 11 is 6.19. The molecule has 25 heavy (non-hydrogen) atoms. The van der Waals surface area contributed by atoms with Crippen molar-refractivity contribution in [3.8, 4) is 0 Å². The van der Waals surface area contributed by atoms with E-state index >= 15 is 0 Å². The Labute approximate surface area is 149 Å². The molecule has 0 unspecified atom stereocenters. The smallest absolute Gasteiger partial charge is 0.329 e. The molecule has 0 bridgehead atoms. The minimum absolute atomic E-state index is 0.271. The molecule has 0 aliphatic carbocycles. The van der Waals surface area contributed by atoms with Gasteiger partial charge in [0.2, 0.25) is 0 Å². The van der Waals surface area contributed by atoms with Gasteiger partial charge in [-0.1, -0.05) is 35.9 Å². The zero-order valence-corrected chi connectivity index (χ0v) is 14.2. The van der Waals surface area contributed by atoms with Crippen LogP contribution in [0, 0.1) is 0 Å². The van der Waals surface area contributed by atoms with E-state index in [1.807, 2.05) is 12.1 Å². The molecule has 7 heteroatoms. The van der Waals surface area contributed by atoms with Crippen LogP contribution >= 0.6 is 11.6 Å². The van der Waals surface area contributed by atoms with E-state index in [1.165, 1.54) is 0 Å². The van der Waals surface area contributed by atoms with Crippen LogP contribution < -0.4 is 5.32 Å². The average molecular weight is 364 g/mol. The van der Waals surface area contributed by atoms with E-state index < -0.39 is 24.7 Å². The predicted molar refractivity (Wildman–Crippen MR) is 93.0 cm³/mol. The van der Waals surface area contributed by atoms with Crippen molar-refractivity contribution in [3.63, 3.8) is 0 Å². The number of benzene rings is 2. The molecule has 1 saturated heterocycles. The summed E-state index contributed by atoms with van der Waals surface area (Å²) in [5.41, 5.74) is 0.502. The van der Waals surface area contributed by atoms with Gasteiger partial charge in [-0.05, 0) is 23.9 Å². The molecule has 3 rings (SSSR count). The van der Waals surface area contributed by atoms with Crippen LogP contribution in [-0.4, -0.2) is 48.9 Å². The summed E-state index contributed by atoms with van der Waals surface area (Å²) in [7, 11) is 0. The third-order valence-corrected chi connectivity index (χ3v) is 4.47. The second kappa shape index (κ2) is 7.82. The number of rotatable bonds is 5. The third kappa shape index (κ3) is 4.10. The molecule has 2 aromatic carbocycles. The van der Waals surface area contributed by atoms with E-state index in [9.17, 15) is 9.59 Å². The van der Waals surface area contributed by atoms with E-state index in [-0.39, 0.29) is 12.5 Å². The fraction of sp³-hybridized carbons (Fsp3) is 0.333. The van der Waals surface area contributed by atoms with Crippen molar-refractivity contribution in [3.05, 3.63) is 47.0 Å². The maximum Gasteiger partial charge on any atom is 0.329 e. The molecule has 2 aromatic rings. The Kier molecular flexibility index (Phi) is 5.53. The summed E-state index contributed by atoms with van der Waals surface area (Å²) in [5.74, 6) is -1.31. The number of hydrogen-bond donors (Lipinski definition) is 2. The fourth-order valence-electron chi connectivity index (χ4n) is 2.95. The number of nitrogens with one attached hydrogen (secondary N) is 1. The molecule has 2 N–H and O–H groups in total. The quantitative estimate of drug-likeness (QED) is 0.852. The molecule has 132 valence electrons. The Bertz CT molecular complexity index is 794. The SMILES string of the molecule is O=C(O)CO[C@H]1CCOC[C@H]1NC(=O)c1cccc2c(Cl)cccc12. The van der Waals surface area contributed by atoms with Gasteiger partial charge in [0.25, 0.3) is 5.91 Å². The number of aliphatic carboxylic acids is 1. The summed E-state index contributed by atoms with van der Waals surface area (Å²) in [5, 5.41) is 13.8. The largest absolute Gasteiger partial charge is 0.480 e. The standard InChI is InChI=1S/C18H18ClNO5/c19-14-6-2-3-11-12(14)4-1-5-13(11)18(23)20-15-9-24-8-7-16(15)25-10-17(21)22/h1-6,15-16H,7-10H2,(H,20,23)(H,21,22)/t15-,16+/m1/s1. The van der Waals surface area contributed by atoms with Gasteiger partial charge in [0, 0.05) is 22.6 Å². The molecule has 1 aliphatic heterocycles. The first kappa shape index (κ1) is 17.7. The Hall–Kier alpha value is -2.15. The number of ether oxygens (including phenoxy) is 2. The van der Waals surface area contributed by atoms with Gasteiger partial charge in [0.05, 0.1) is 18.8 Å². The first-order valence-electron chi connectivity index (χ1n) is 7.95. The van der Waals surface area contributed by atoms with Gasteiger partial charge in [0.1, 0.15) is 6.61 Å². The second-order valence-corrected chi connectivity index (χ2v) is 6.23. The van der Waals surface area contributed by atoms with E-state index in [2.05, 4.69) is 5.32 Å². The fourth-order valence-corrected chi connectivity index (χ4v) is 3.18. The Morgan fingerprint density at radius 1 is 1.24 bits per heavy atom. The Morgan fingerprint density at radius 2 is 2.00 bits per heavy atom. The second-order valence-electron chi connectivity index (χ2n) is 5.83. The van der Waals surface area contributed by atoms with Crippen molar-refractivity contribution in [2.45, 2.75) is 18.6 Å². The Balaban J connectivity index is 1.79. The van der Waals surface area contributed by atoms with E-state index in [1.54, 1.807) is 24.3 Å². The van der Waals surface area contributed by atoms with Crippen LogP contribution in [0.2, 0.25) is 5.02 Å². The maximum atomic E-state index is 12.7. The highest BCUT2D eigenvalue weighted by molar-refractivity contribution is 6.36. The van der Waals surface area contributed by atoms with Crippen LogP contribution in [0.25, 0.3) is 10.8 Å². The number of fused-ring (bicyclic) bond motifs is 1. The minimum atomic E-state index is -1.04. The van der Waals surface area contributed by atoms with Gasteiger partial charge in [-0.2, -0.15) is 0 Å². The molecule has 6 nitrogen and oxygen atoms in total. The lowest BCUT2D eigenvalue weighted by atomic mass is 10.0. The topological polar surface area (TPSA) is 84.9 Å². The lowest BCUT2D eigenvalue weighted by Gasteiger charge is -2.31. The molecule has 0 saturated carbocycles. The van der Waals surface area contributed by atoms with E-state index in [0.717, 1.165) is 10.8 Å². The average Bonchev–Trinajstić information content (AvgIpc) is 2.61. The molecule has 0 radical (unpaired) electrons. The van der Waals surface area contributed by atoms with Gasteiger partial charge in [-0.3, -0.25) is 4.79 Å². The summed E-state index contributed by atoms with van der Waals surface area (Å²) in [6.45, 7) is 0.350. The van der Waals surface area contributed by atoms with Crippen molar-refractivity contribution in [1.29, 1.82) is 0 Å². The lowest BCUT2D eigenvalue weighted by molar-refractivity contribution is -0.147.